The molecule has 0 amide bonds. The van der Waals surface area contributed by atoms with Crippen LogP contribution in [-0.4, -0.2) is 13.2 Å². The zero-order chi connectivity index (χ0) is 15.2. The van der Waals surface area contributed by atoms with Gasteiger partial charge in [0.2, 0.25) is 0 Å². The van der Waals surface area contributed by atoms with Crippen LogP contribution < -0.4 is 10.5 Å². The molecule has 0 aliphatic rings. The lowest BCUT2D eigenvalue weighted by molar-refractivity contribution is 0.339. The van der Waals surface area contributed by atoms with Crippen LogP contribution in [-0.2, 0) is 6.42 Å². The Balaban J connectivity index is 2.21. The Kier molecular flexibility index (Phi) is 5.40. The normalized spacial score (nSPS) is 12.2. The predicted octanol–water partition coefficient (Wildman–Crippen LogP) is 3.99. The molecule has 0 saturated heterocycles. The summed E-state index contributed by atoms with van der Waals surface area (Å²) in [5.41, 5.74) is 11.2. The van der Waals surface area contributed by atoms with Gasteiger partial charge in [-0.15, -0.1) is 0 Å². The van der Waals surface area contributed by atoms with Gasteiger partial charge in [-0.25, -0.2) is 0 Å². The Morgan fingerprint density at radius 3 is 2.38 bits per heavy atom. The molecule has 2 nitrogen and oxygen atoms in total. The number of benzene rings is 2. The van der Waals surface area contributed by atoms with Gasteiger partial charge in [0.15, 0.2) is 0 Å². The molecule has 0 aliphatic carbocycles. The summed E-state index contributed by atoms with van der Waals surface area (Å²) in [4.78, 5) is 0. The second-order valence-electron chi connectivity index (χ2n) is 5.64. The zero-order valence-electron chi connectivity index (χ0n) is 13.2. The number of ether oxygens (including phenoxy) is 1. The summed E-state index contributed by atoms with van der Waals surface area (Å²) < 4.78 is 5.59. The summed E-state index contributed by atoms with van der Waals surface area (Å²) >= 11 is 0. The van der Waals surface area contributed by atoms with Crippen LogP contribution in [0.2, 0.25) is 0 Å². The van der Waals surface area contributed by atoms with Crippen molar-refractivity contribution in [1.29, 1.82) is 0 Å². The molecule has 1 unspecified atom stereocenters. The van der Waals surface area contributed by atoms with Gasteiger partial charge in [0.05, 0.1) is 6.61 Å². The van der Waals surface area contributed by atoms with Crippen molar-refractivity contribution in [3.05, 3.63) is 64.7 Å². The number of hydrogen-bond acceptors (Lipinski definition) is 2. The van der Waals surface area contributed by atoms with Crippen LogP contribution in [0.3, 0.4) is 0 Å². The molecule has 0 spiro atoms. The van der Waals surface area contributed by atoms with E-state index in [0.717, 1.165) is 12.2 Å². The molecule has 0 bridgehead atoms. The minimum absolute atomic E-state index is 0.326. The molecule has 2 N–H and O–H groups in total. The first-order valence-corrected chi connectivity index (χ1v) is 7.62. The fraction of sp³-hybridized carbons (Fsp3) is 0.368. The van der Waals surface area contributed by atoms with Crippen LogP contribution in [0.1, 0.15) is 35.1 Å². The van der Waals surface area contributed by atoms with Gasteiger partial charge in [-0.2, -0.15) is 0 Å². The molecule has 21 heavy (non-hydrogen) atoms. The third kappa shape index (κ3) is 4.33. The molecule has 2 aromatic rings. The minimum Gasteiger partial charge on any atom is -0.494 e. The van der Waals surface area contributed by atoms with Crippen molar-refractivity contribution in [3.63, 3.8) is 0 Å². The van der Waals surface area contributed by atoms with Gasteiger partial charge in [-0.05, 0) is 57.0 Å². The molecule has 112 valence electrons. The van der Waals surface area contributed by atoms with E-state index in [1.54, 1.807) is 0 Å². The Bertz CT molecular complexity index is 572. The maximum atomic E-state index is 6.01. The van der Waals surface area contributed by atoms with E-state index in [4.69, 9.17) is 10.5 Å². The van der Waals surface area contributed by atoms with Gasteiger partial charge < -0.3 is 10.5 Å². The smallest absolute Gasteiger partial charge is 0.119 e. The third-order valence-electron chi connectivity index (χ3n) is 3.69. The lowest BCUT2D eigenvalue weighted by Gasteiger charge is -2.17. The first kappa shape index (κ1) is 15.6. The molecule has 2 heteroatoms. The summed E-state index contributed by atoms with van der Waals surface area (Å²) in [7, 11) is 0. The Morgan fingerprint density at radius 1 is 1.05 bits per heavy atom. The summed E-state index contributed by atoms with van der Waals surface area (Å²) in [6.45, 7) is 7.62. The van der Waals surface area contributed by atoms with Crippen molar-refractivity contribution in [2.45, 2.75) is 33.1 Å². The number of aryl methyl sites for hydroxylation is 2. The average molecular weight is 283 g/mol. The summed E-state index contributed by atoms with van der Waals surface area (Å²) in [6, 6.07) is 15.0. The molecule has 0 aromatic heterocycles. The van der Waals surface area contributed by atoms with Crippen LogP contribution in [0.5, 0.6) is 5.75 Å². The highest BCUT2D eigenvalue weighted by Gasteiger charge is 2.12. The van der Waals surface area contributed by atoms with Crippen molar-refractivity contribution < 1.29 is 4.74 Å². The highest BCUT2D eigenvalue weighted by Crippen LogP contribution is 2.24. The average Bonchev–Trinajstić information content (AvgIpc) is 2.44. The van der Waals surface area contributed by atoms with Crippen molar-refractivity contribution in [1.82, 2.24) is 0 Å². The molecule has 0 heterocycles. The van der Waals surface area contributed by atoms with E-state index in [0.29, 0.717) is 19.1 Å². The van der Waals surface area contributed by atoms with Crippen LogP contribution in [0.25, 0.3) is 0 Å². The summed E-state index contributed by atoms with van der Waals surface area (Å²) in [6.07, 6.45) is 0.967. The van der Waals surface area contributed by atoms with E-state index in [1.807, 2.05) is 19.1 Å². The SMILES string of the molecule is CCOc1cccc(C(CN)Cc2cc(C)cc(C)c2)c1. The van der Waals surface area contributed by atoms with Gasteiger partial charge in [-0.3, -0.25) is 0 Å². The Morgan fingerprint density at radius 2 is 1.76 bits per heavy atom. The second kappa shape index (κ2) is 7.28. The van der Waals surface area contributed by atoms with Crippen molar-refractivity contribution in [2.24, 2.45) is 5.73 Å². The monoisotopic (exact) mass is 283 g/mol. The molecule has 2 rings (SSSR count). The first-order chi connectivity index (χ1) is 10.1. The Labute approximate surface area is 127 Å². The van der Waals surface area contributed by atoms with Crippen LogP contribution >= 0.6 is 0 Å². The minimum atomic E-state index is 0.326. The van der Waals surface area contributed by atoms with Crippen molar-refractivity contribution in [3.8, 4) is 5.75 Å². The molecule has 0 saturated carbocycles. The van der Waals surface area contributed by atoms with E-state index in [9.17, 15) is 0 Å². The van der Waals surface area contributed by atoms with Crippen molar-refractivity contribution >= 4 is 0 Å². The molecule has 0 radical (unpaired) electrons. The highest BCUT2D eigenvalue weighted by molar-refractivity contribution is 5.34. The van der Waals surface area contributed by atoms with Crippen LogP contribution in [0, 0.1) is 13.8 Å². The van der Waals surface area contributed by atoms with E-state index >= 15 is 0 Å². The van der Waals surface area contributed by atoms with Gasteiger partial charge in [0.1, 0.15) is 5.75 Å². The van der Waals surface area contributed by atoms with Crippen LogP contribution in [0.4, 0.5) is 0 Å². The standard InChI is InChI=1S/C19H25NO/c1-4-21-19-7-5-6-17(12-19)18(13-20)11-16-9-14(2)8-15(3)10-16/h5-10,12,18H,4,11,13,20H2,1-3H3. The van der Waals surface area contributed by atoms with Gasteiger partial charge in [0, 0.05) is 5.92 Å². The van der Waals surface area contributed by atoms with E-state index < -0.39 is 0 Å². The first-order valence-electron chi connectivity index (χ1n) is 7.62. The number of nitrogens with two attached hydrogens (primary N) is 1. The molecule has 1 atom stereocenters. The van der Waals surface area contributed by atoms with E-state index in [1.165, 1.54) is 22.3 Å². The fourth-order valence-electron chi connectivity index (χ4n) is 2.83. The van der Waals surface area contributed by atoms with Gasteiger partial charge in [0.25, 0.3) is 0 Å². The zero-order valence-corrected chi connectivity index (χ0v) is 13.2. The second-order valence-corrected chi connectivity index (χ2v) is 5.64. The Hall–Kier alpha value is -1.80. The van der Waals surface area contributed by atoms with Gasteiger partial charge >= 0.3 is 0 Å². The molecular weight excluding hydrogens is 258 g/mol. The fourth-order valence-corrected chi connectivity index (χ4v) is 2.83. The number of hydrogen-bond donors (Lipinski definition) is 1. The molecule has 0 aliphatic heterocycles. The summed E-state index contributed by atoms with van der Waals surface area (Å²) in [5, 5.41) is 0. The topological polar surface area (TPSA) is 35.2 Å². The molecule has 0 fully saturated rings. The van der Waals surface area contributed by atoms with Gasteiger partial charge in [-0.1, -0.05) is 41.5 Å². The van der Waals surface area contributed by atoms with Crippen molar-refractivity contribution in [2.75, 3.05) is 13.2 Å². The lowest BCUT2D eigenvalue weighted by Crippen LogP contribution is -2.15. The summed E-state index contributed by atoms with van der Waals surface area (Å²) in [5.74, 6) is 1.25. The van der Waals surface area contributed by atoms with E-state index in [-0.39, 0.29) is 0 Å². The van der Waals surface area contributed by atoms with Crippen LogP contribution in [0.15, 0.2) is 42.5 Å². The largest absolute Gasteiger partial charge is 0.494 e. The third-order valence-corrected chi connectivity index (χ3v) is 3.69. The predicted molar refractivity (Wildman–Crippen MR) is 89.0 cm³/mol. The maximum absolute atomic E-state index is 6.01. The molecular formula is C19H25NO. The maximum Gasteiger partial charge on any atom is 0.119 e. The lowest BCUT2D eigenvalue weighted by atomic mass is 9.91. The number of rotatable bonds is 6. The highest BCUT2D eigenvalue weighted by atomic mass is 16.5. The quantitative estimate of drug-likeness (QED) is 0.870. The molecule has 2 aromatic carbocycles. The van der Waals surface area contributed by atoms with E-state index in [2.05, 4.69) is 44.2 Å².